The molecule has 1 aliphatic carbocycles. The molecule has 3 N–H and O–H groups in total. The minimum Gasteiger partial charge on any atom is -0.385 e. The van der Waals surface area contributed by atoms with Gasteiger partial charge in [-0.25, -0.2) is 4.98 Å². The van der Waals surface area contributed by atoms with Crippen LogP contribution >= 0.6 is 0 Å². The molecule has 212 valence electrons. The molecule has 0 atom stereocenters. The minimum absolute atomic E-state index is 0.244. The van der Waals surface area contributed by atoms with Gasteiger partial charge in [0.15, 0.2) is 0 Å². The fourth-order valence-corrected chi connectivity index (χ4v) is 5.17. The molecule has 5 rings (SSSR count). The van der Waals surface area contributed by atoms with Crippen molar-refractivity contribution in [3.8, 4) is 16.9 Å². The van der Waals surface area contributed by atoms with Crippen molar-refractivity contribution in [1.82, 2.24) is 19.3 Å². The number of nitrogens with one attached hydrogen (secondary N) is 1. The highest BCUT2D eigenvalue weighted by atomic mass is 19.4. The van der Waals surface area contributed by atoms with Crippen LogP contribution in [0.3, 0.4) is 0 Å². The standard InChI is InChI=1S/C31H31F3N6O/c1-4-12-36-27-13-20(30(35)41)9-11-23(27)25-14-26(31(32,33)34)19(2)8-10-24-22(25)6-5-7-29(24)40-17-28(37-18-40)21-15-38-39(3)16-21/h5-7,9,11,13-18,36H,4,8,10,12H2,1-3H3,(H2,35,41)/b25-14+,26-19-. The molecule has 0 spiro atoms. The molecule has 2 aromatic carbocycles. The molecule has 41 heavy (non-hydrogen) atoms. The van der Waals surface area contributed by atoms with Crippen LogP contribution in [0.4, 0.5) is 18.9 Å². The highest BCUT2D eigenvalue weighted by molar-refractivity contribution is 5.97. The van der Waals surface area contributed by atoms with Crippen molar-refractivity contribution in [2.24, 2.45) is 12.8 Å². The molecule has 2 aromatic heterocycles. The van der Waals surface area contributed by atoms with Gasteiger partial charge in [-0.2, -0.15) is 18.3 Å². The molecule has 0 radical (unpaired) electrons. The van der Waals surface area contributed by atoms with Gasteiger partial charge in [0.25, 0.3) is 0 Å². The number of carbonyl (C=O) groups excluding carboxylic acids is 1. The summed E-state index contributed by atoms with van der Waals surface area (Å²) in [6, 6.07) is 10.5. The summed E-state index contributed by atoms with van der Waals surface area (Å²) in [4.78, 5) is 16.5. The first kappa shape index (κ1) is 27.9. The van der Waals surface area contributed by atoms with Gasteiger partial charge in [-0.05, 0) is 67.2 Å². The van der Waals surface area contributed by atoms with E-state index in [2.05, 4.69) is 15.4 Å². The Morgan fingerprint density at radius 1 is 1.12 bits per heavy atom. The molecule has 0 saturated heterocycles. The summed E-state index contributed by atoms with van der Waals surface area (Å²) in [5.74, 6) is -0.610. The predicted octanol–water partition coefficient (Wildman–Crippen LogP) is 6.45. The minimum atomic E-state index is -4.53. The Morgan fingerprint density at radius 3 is 2.61 bits per heavy atom. The van der Waals surface area contributed by atoms with E-state index in [-0.39, 0.29) is 17.6 Å². The first-order valence-electron chi connectivity index (χ1n) is 13.4. The van der Waals surface area contributed by atoms with Crippen molar-refractivity contribution in [3.05, 3.63) is 101 Å². The second kappa shape index (κ2) is 11.1. The van der Waals surface area contributed by atoms with Crippen molar-refractivity contribution in [2.75, 3.05) is 11.9 Å². The number of aryl methyl sites for hydroxylation is 1. The highest BCUT2D eigenvalue weighted by Crippen LogP contribution is 2.41. The van der Waals surface area contributed by atoms with Crippen LogP contribution in [-0.4, -0.2) is 38.0 Å². The van der Waals surface area contributed by atoms with E-state index in [1.807, 2.05) is 49.1 Å². The average Bonchev–Trinajstić information content (AvgIpc) is 3.58. The van der Waals surface area contributed by atoms with Crippen LogP contribution in [0.15, 0.2) is 78.5 Å². The number of hydrogen-bond donors (Lipinski definition) is 2. The Morgan fingerprint density at radius 2 is 1.93 bits per heavy atom. The Hall–Kier alpha value is -4.60. The molecule has 1 aliphatic rings. The lowest BCUT2D eigenvalue weighted by atomic mass is 9.84. The van der Waals surface area contributed by atoms with Crippen molar-refractivity contribution < 1.29 is 18.0 Å². The molecule has 0 bridgehead atoms. The van der Waals surface area contributed by atoms with Crippen LogP contribution in [0.2, 0.25) is 0 Å². The number of rotatable bonds is 7. The van der Waals surface area contributed by atoms with E-state index in [1.54, 1.807) is 35.4 Å². The van der Waals surface area contributed by atoms with Gasteiger partial charge in [0.2, 0.25) is 5.91 Å². The number of anilines is 1. The monoisotopic (exact) mass is 560 g/mol. The number of benzene rings is 2. The molecule has 4 aromatic rings. The van der Waals surface area contributed by atoms with Gasteiger partial charge >= 0.3 is 6.18 Å². The number of nitrogens with two attached hydrogens (primary N) is 1. The van der Waals surface area contributed by atoms with Gasteiger partial charge in [-0.3, -0.25) is 9.48 Å². The maximum atomic E-state index is 14.4. The van der Waals surface area contributed by atoms with Crippen LogP contribution in [-0.2, 0) is 13.5 Å². The van der Waals surface area contributed by atoms with Crippen LogP contribution in [0.25, 0.3) is 22.5 Å². The Kier molecular flexibility index (Phi) is 7.57. The highest BCUT2D eigenvalue weighted by Gasteiger charge is 2.35. The van der Waals surface area contributed by atoms with Crippen LogP contribution in [0, 0.1) is 0 Å². The lowest BCUT2D eigenvalue weighted by molar-refractivity contribution is -0.0890. The zero-order valence-corrected chi connectivity index (χ0v) is 23.1. The summed E-state index contributed by atoms with van der Waals surface area (Å²) >= 11 is 0. The van der Waals surface area contributed by atoms with Gasteiger partial charge < -0.3 is 15.6 Å². The topological polar surface area (TPSA) is 90.8 Å². The summed E-state index contributed by atoms with van der Waals surface area (Å²) < 4.78 is 46.7. The number of carbonyl (C=O) groups is 1. The number of hydrogen-bond acceptors (Lipinski definition) is 4. The second-order valence-electron chi connectivity index (χ2n) is 10.2. The zero-order chi connectivity index (χ0) is 29.3. The van der Waals surface area contributed by atoms with Crippen molar-refractivity contribution >= 4 is 17.2 Å². The van der Waals surface area contributed by atoms with Crippen molar-refractivity contribution in [1.29, 1.82) is 0 Å². The van der Waals surface area contributed by atoms with E-state index < -0.39 is 17.7 Å². The summed E-state index contributed by atoms with van der Waals surface area (Å²) in [7, 11) is 1.83. The molecular formula is C31H31F3N6O. The molecule has 2 heterocycles. The van der Waals surface area contributed by atoms with E-state index >= 15 is 0 Å². The Labute approximate surface area is 236 Å². The lowest BCUT2D eigenvalue weighted by Crippen LogP contribution is -2.16. The van der Waals surface area contributed by atoms with E-state index in [9.17, 15) is 18.0 Å². The number of imidazole rings is 1. The summed E-state index contributed by atoms with van der Waals surface area (Å²) in [5.41, 5.74) is 10.9. The normalized spacial score (nSPS) is 16.9. The maximum Gasteiger partial charge on any atom is 0.416 e. The van der Waals surface area contributed by atoms with Crippen molar-refractivity contribution in [2.45, 2.75) is 39.3 Å². The van der Waals surface area contributed by atoms with E-state index in [0.29, 0.717) is 35.4 Å². The summed E-state index contributed by atoms with van der Waals surface area (Å²) in [5, 5.41) is 7.51. The van der Waals surface area contributed by atoms with Crippen LogP contribution in [0.1, 0.15) is 53.7 Å². The average molecular weight is 561 g/mol. The molecule has 0 aliphatic heterocycles. The van der Waals surface area contributed by atoms with Crippen LogP contribution < -0.4 is 11.1 Å². The fraction of sp³-hybridized carbons (Fsp3) is 0.258. The van der Waals surface area contributed by atoms with E-state index in [1.165, 1.54) is 13.0 Å². The quantitative estimate of drug-likeness (QED) is 0.272. The fourth-order valence-electron chi connectivity index (χ4n) is 5.17. The third-order valence-corrected chi connectivity index (χ3v) is 7.27. The van der Waals surface area contributed by atoms with Gasteiger partial charge in [-0.15, -0.1) is 0 Å². The number of fused-ring (bicyclic) bond motifs is 1. The molecule has 7 nitrogen and oxygen atoms in total. The van der Waals surface area contributed by atoms with Crippen LogP contribution in [0.5, 0.6) is 0 Å². The van der Waals surface area contributed by atoms with Gasteiger partial charge in [-0.1, -0.05) is 30.7 Å². The predicted molar refractivity (Wildman–Crippen MR) is 154 cm³/mol. The molecule has 0 fully saturated rings. The number of allylic oxidation sites excluding steroid dienone is 3. The largest absolute Gasteiger partial charge is 0.416 e. The lowest BCUT2D eigenvalue weighted by Gasteiger charge is -2.24. The Bertz CT molecular complexity index is 1670. The van der Waals surface area contributed by atoms with Gasteiger partial charge in [0.05, 0.1) is 29.5 Å². The third-order valence-electron chi connectivity index (χ3n) is 7.27. The number of alkyl halides is 3. The SMILES string of the molecule is CCCNc1cc(C(N)=O)ccc1/C1=C/C(C(F)(F)F)=C(\C)CCc2c1cccc2-n1cnc(-c2cnn(C)c2)c1. The molecule has 0 unspecified atom stereocenters. The molecule has 1 amide bonds. The molecule has 10 heteroatoms. The van der Waals surface area contributed by atoms with Gasteiger partial charge in [0.1, 0.15) is 0 Å². The maximum absolute atomic E-state index is 14.4. The number of primary amides is 1. The zero-order valence-electron chi connectivity index (χ0n) is 23.1. The summed E-state index contributed by atoms with van der Waals surface area (Å²) in [6.45, 7) is 4.09. The molecule has 0 saturated carbocycles. The molecular weight excluding hydrogens is 529 g/mol. The number of nitrogens with zero attached hydrogens (tertiary/aromatic N) is 4. The van der Waals surface area contributed by atoms with E-state index in [0.717, 1.165) is 28.9 Å². The van der Waals surface area contributed by atoms with E-state index in [4.69, 9.17) is 5.73 Å². The van der Waals surface area contributed by atoms with Gasteiger partial charge in [0, 0.05) is 48.4 Å². The number of halogens is 3. The number of aromatic nitrogens is 4. The number of amides is 1. The summed E-state index contributed by atoms with van der Waals surface area (Å²) in [6.07, 6.45) is 5.34. The smallest absolute Gasteiger partial charge is 0.385 e. The first-order chi connectivity index (χ1) is 19.6. The Balaban J connectivity index is 1.73. The second-order valence-corrected chi connectivity index (χ2v) is 10.2. The third kappa shape index (κ3) is 5.68. The first-order valence-corrected chi connectivity index (χ1v) is 13.4. The van der Waals surface area contributed by atoms with Crippen molar-refractivity contribution in [3.63, 3.8) is 0 Å².